The quantitative estimate of drug-likeness (QED) is 0.925. The van der Waals surface area contributed by atoms with E-state index in [2.05, 4.69) is 19.2 Å². The third-order valence-corrected chi connectivity index (χ3v) is 3.57. The van der Waals surface area contributed by atoms with Crippen molar-refractivity contribution in [2.45, 2.75) is 33.3 Å². The second-order valence-corrected chi connectivity index (χ2v) is 5.78. The number of nitrogens with zero attached hydrogens (tertiary/aromatic N) is 1. The zero-order valence-corrected chi connectivity index (χ0v) is 13.0. The molecule has 1 unspecified atom stereocenters. The molecule has 1 heterocycles. The lowest BCUT2D eigenvalue weighted by Gasteiger charge is -2.30. The highest BCUT2D eigenvalue weighted by molar-refractivity contribution is 6.02. The second-order valence-electron chi connectivity index (χ2n) is 5.78. The fraction of sp³-hybridized carbons (Fsp3) is 0.500. The molecule has 1 aromatic rings. The molecule has 1 aliphatic rings. The lowest BCUT2D eigenvalue weighted by molar-refractivity contribution is -0.125. The highest BCUT2D eigenvalue weighted by atomic mass is 16.5. The first-order valence-corrected chi connectivity index (χ1v) is 7.26. The summed E-state index contributed by atoms with van der Waals surface area (Å²) in [6.07, 6.45) is 0.448. The highest BCUT2D eigenvalue weighted by Crippen LogP contribution is 2.33. The first kappa shape index (κ1) is 15.4. The van der Waals surface area contributed by atoms with Gasteiger partial charge in [-0.1, -0.05) is 13.8 Å². The number of anilines is 1. The van der Waals surface area contributed by atoms with Crippen molar-refractivity contribution in [3.63, 3.8) is 0 Å². The van der Waals surface area contributed by atoms with Crippen LogP contribution in [0.2, 0.25) is 0 Å². The van der Waals surface area contributed by atoms with Gasteiger partial charge in [-0.2, -0.15) is 0 Å². The Labute approximate surface area is 125 Å². The molecule has 0 fully saturated rings. The number of benzene rings is 1. The van der Waals surface area contributed by atoms with Gasteiger partial charge in [0.25, 0.3) is 11.8 Å². The van der Waals surface area contributed by atoms with Crippen LogP contribution in [0, 0.1) is 5.92 Å². The lowest BCUT2D eigenvalue weighted by Crippen LogP contribution is -2.42. The number of likely N-dealkylation sites (N-methyl/N-ethyl adjacent to an activating group) is 1. The summed E-state index contributed by atoms with van der Waals surface area (Å²) >= 11 is 0. The summed E-state index contributed by atoms with van der Waals surface area (Å²) in [5.74, 6) is 0.939. The molecule has 1 atom stereocenters. The van der Waals surface area contributed by atoms with Crippen molar-refractivity contribution in [2.75, 3.05) is 18.5 Å². The Hall–Kier alpha value is -2.04. The number of rotatable bonds is 4. The normalized spacial score (nSPS) is 17.5. The molecule has 5 heteroatoms. The molecule has 0 spiro atoms. The van der Waals surface area contributed by atoms with E-state index in [4.69, 9.17) is 4.74 Å². The largest absolute Gasteiger partial charge is 0.479 e. The molecule has 0 saturated heterocycles. The Bertz CT molecular complexity index is 554. The number of hydrogen-bond donors (Lipinski definition) is 1. The van der Waals surface area contributed by atoms with E-state index in [-0.39, 0.29) is 11.8 Å². The van der Waals surface area contributed by atoms with Gasteiger partial charge < -0.3 is 15.0 Å². The van der Waals surface area contributed by atoms with E-state index in [9.17, 15) is 9.59 Å². The number of nitrogens with one attached hydrogen (secondary N) is 1. The number of carbonyl (C=O) groups is 2. The van der Waals surface area contributed by atoms with Gasteiger partial charge in [0.05, 0.1) is 5.69 Å². The zero-order chi connectivity index (χ0) is 15.6. The molecule has 0 aromatic heterocycles. The van der Waals surface area contributed by atoms with Crippen LogP contribution < -0.4 is 15.0 Å². The smallest absolute Gasteiger partial charge is 0.267 e. The van der Waals surface area contributed by atoms with Gasteiger partial charge in [-0.05, 0) is 37.5 Å². The van der Waals surface area contributed by atoms with Gasteiger partial charge >= 0.3 is 0 Å². The number of hydrogen-bond acceptors (Lipinski definition) is 3. The molecule has 0 saturated carbocycles. The SMILES string of the molecule is CC(C)CCNC(=O)c1ccc2c(c1)N(C)C(=O)C(C)O2. The first-order valence-electron chi connectivity index (χ1n) is 7.26. The molecule has 2 rings (SSSR count). The second kappa shape index (κ2) is 6.16. The van der Waals surface area contributed by atoms with Gasteiger partial charge in [0, 0.05) is 19.2 Å². The molecule has 1 aromatic carbocycles. The first-order chi connectivity index (χ1) is 9.90. The maximum absolute atomic E-state index is 12.1. The monoisotopic (exact) mass is 290 g/mol. The molecule has 0 bridgehead atoms. The molecule has 2 amide bonds. The number of carbonyl (C=O) groups excluding carboxylic acids is 2. The third kappa shape index (κ3) is 3.35. The fourth-order valence-corrected chi connectivity index (χ4v) is 2.23. The van der Waals surface area contributed by atoms with E-state index in [1.165, 1.54) is 4.90 Å². The van der Waals surface area contributed by atoms with Crippen molar-refractivity contribution < 1.29 is 14.3 Å². The molecule has 1 N–H and O–H groups in total. The predicted molar refractivity (Wildman–Crippen MR) is 81.7 cm³/mol. The topological polar surface area (TPSA) is 58.6 Å². The predicted octanol–water partition coefficient (Wildman–Crippen LogP) is 2.21. The van der Waals surface area contributed by atoms with Crippen LogP contribution in [-0.4, -0.2) is 31.5 Å². The van der Waals surface area contributed by atoms with Gasteiger partial charge in [0.2, 0.25) is 0 Å². The van der Waals surface area contributed by atoms with Crippen molar-refractivity contribution in [2.24, 2.45) is 5.92 Å². The van der Waals surface area contributed by atoms with Gasteiger partial charge in [-0.15, -0.1) is 0 Å². The minimum Gasteiger partial charge on any atom is -0.479 e. The summed E-state index contributed by atoms with van der Waals surface area (Å²) in [7, 11) is 1.70. The van der Waals surface area contributed by atoms with Crippen molar-refractivity contribution in [3.8, 4) is 5.75 Å². The van der Waals surface area contributed by atoms with Crippen LogP contribution in [0.3, 0.4) is 0 Å². The van der Waals surface area contributed by atoms with E-state index in [0.29, 0.717) is 29.5 Å². The van der Waals surface area contributed by atoms with Crippen molar-refractivity contribution >= 4 is 17.5 Å². The van der Waals surface area contributed by atoms with E-state index < -0.39 is 6.10 Å². The molecule has 5 nitrogen and oxygen atoms in total. The summed E-state index contributed by atoms with van der Waals surface area (Å²) in [5, 5.41) is 2.89. The standard InChI is InChI=1S/C16H22N2O3/c1-10(2)7-8-17-15(19)12-5-6-14-13(9-12)18(4)16(20)11(3)21-14/h5-6,9-11H,7-8H2,1-4H3,(H,17,19). The maximum Gasteiger partial charge on any atom is 0.267 e. The van der Waals surface area contributed by atoms with Crippen LogP contribution in [0.25, 0.3) is 0 Å². The average molecular weight is 290 g/mol. The Morgan fingerprint density at radius 3 is 2.81 bits per heavy atom. The Kier molecular flexibility index (Phi) is 4.50. The minimum absolute atomic E-state index is 0.111. The molecular formula is C16H22N2O3. The van der Waals surface area contributed by atoms with Crippen molar-refractivity contribution in [3.05, 3.63) is 23.8 Å². The molecule has 1 aliphatic heterocycles. The fourth-order valence-electron chi connectivity index (χ4n) is 2.23. The molecule has 114 valence electrons. The minimum atomic E-state index is -0.492. The molecule has 21 heavy (non-hydrogen) atoms. The summed E-state index contributed by atoms with van der Waals surface area (Å²) < 4.78 is 5.54. The Balaban J connectivity index is 2.14. The lowest BCUT2D eigenvalue weighted by atomic mass is 10.1. The van der Waals surface area contributed by atoms with Gasteiger partial charge in [0.1, 0.15) is 5.75 Å². The van der Waals surface area contributed by atoms with Crippen molar-refractivity contribution in [1.82, 2.24) is 5.32 Å². The van der Waals surface area contributed by atoms with Crippen LogP contribution >= 0.6 is 0 Å². The maximum atomic E-state index is 12.1. The summed E-state index contributed by atoms with van der Waals surface area (Å²) in [6, 6.07) is 5.16. The van der Waals surface area contributed by atoms with E-state index in [1.54, 1.807) is 32.2 Å². The van der Waals surface area contributed by atoms with E-state index in [1.807, 2.05) is 0 Å². The van der Waals surface area contributed by atoms with Crippen LogP contribution in [0.4, 0.5) is 5.69 Å². The zero-order valence-electron chi connectivity index (χ0n) is 13.0. The summed E-state index contributed by atoms with van der Waals surface area (Å²) in [5.41, 5.74) is 1.17. The Morgan fingerprint density at radius 2 is 2.14 bits per heavy atom. The number of amides is 2. The Morgan fingerprint density at radius 1 is 1.43 bits per heavy atom. The van der Waals surface area contributed by atoms with E-state index in [0.717, 1.165) is 6.42 Å². The van der Waals surface area contributed by atoms with Gasteiger partial charge in [-0.3, -0.25) is 9.59 Å². The van der Waals surface area contributed by atoms with Crippen LogP contribution in [0.1, 0.15) is 37.6 Å². The van der Waals surface area contributed by atoms with Crippen LogP contribution in [0.5, 0.6) is 5.75 Å². The summed E-state index contributed by atoms with van der Waals surface area (Å²) in [4.78, 5) is 25.6. The van der Waals surface area contributed by atoms with Crippen LogP contribution in [-0.2, 0) is 4.79 Å². The van der Waals surface area contributed by atoms with Gasteiger partial charge in [-0.25, -0.2) is 0 Å². The van der Waals surface area contributed by atoms with Crippen LogP contribution in [0.15, 0.2) is 18.2 Å². The highest BCUT2D eigenvalue weighted by Gasteiger charge is 2.29. The van der Waals surface area contributed by atoms with Crippen molar-refractivity contribution in [1.29, 1.82) is 0 Å². The van der Waals surface area contributed by atoms with Gasteiger partial charge in [0.15, 0.2) is 6.10 Å². The summed E-state index contributed by atoms with van der Waals surface area (Å²) in [6.45, 7) is 6.60. The number of fused-ring (bicyclic) bond motifs is 1. The average Bonchev–Trinajstić information content (AvgIpc) is 2.44. The molecular weight excluding hydrogens is 268 g/mol. The number of ether oxygens (including phenoxy) is 1. The molecule has 0 aliphatic carbocycles. The third-order valence-electron chi connectivity index (χ3n) is 3.57. The van der Waals surface area contributed by atoms with E-state index >= 15 is 0 Å². The molecule has 0 radical (unpaired) electrons.